The van der Waals surface area contributed by atoms with Gasteiger partial charge in [0.15, 0.2) is 0 Å². The molecule has 0 amide bonds. The molecule has 100 valence electrons. The predicted octanol–water partition coefficient (Wildman–Crippen LogP) is 2.11. The number of rotatable bonds is 3. The zero-order valence-electron chi connectivity index (χ0n) is 11.7. The summed E-state index contributed by atoms with van der Waals surface area (Å²) in [7, 11) is 4.10. The Morgan fingerprint density at radius 1 is 1.44 bits per heavy atom. The Bertz CT molecular complexity index is 422. The Kier molecular flexibility index (Phi) is 4.45. The molecule has 1 aromatic heterocycles. The molecule has 1 N–H and O–H groups in total. The number of aryl methyl sites for hydroxylation is 1. The topological polar surface area (TPSA) is 41.1 Å². The smallest absolute Gasteiger partial charge is 0.148 e. The number of nitrogens with one attached hydrogen (secondary N) is 1. The van der Waals surface area contributed by atoms with Crippen LogP contribution in [-0.4, -0.2) is 47.0 Å². The molecule has 1 atom stereocenters. The van der Waals surface area contributed by atoms with Gasteiger partial charge in [-0.2, -0.15) is 11.8 Å². The summed E-state index contributed by atoms with van der Waals surface area (Å²) in [6.45, 7) is 5.35. The van der Waals surface area contributed by atoms with Crippen molar-refractivity contribution in [1.82, 2.24) is 14.9 Å². The quantitative estimate of drug-likeness (QED) is 0.907. The molecule has 0 spiro atoms. The van der Waals surface area contributed by atoms with Crippen LogP contribution in [0.2, 0.25) is 0 Å². The van der Waals surface area contributed by atoms with Crippen LogP contribution in [0, 0.1) is 6.92 Å². The fraction of sp³-hybridized carbons (Fsp3) is 0.692. The number of anilines is 1. The van der Waals surface area contributed by atoms with Crippen molar-refractivity contribution in [2.45, 2.75) is 26.3 Å². The summed E-state index contributed by atoms with van der Waals surface area (Å²) in [6.07, 6.45) is 0.970. The monoisotopic (exact) mass is 266 g/mol. The van der Waals surface area contributed by atoms with Crippen molar-refractivity contribution in [2.24, 2.45) is 0 Å². The molecule has 1 aromatic rings. The van der Waals surface area contributed by atoms with Gasteiger partial charge in [-0.1, -0.05) is 6.92 Å². The average molecular weight is 266 g/mol. The molecule has 1 aliphatic heterocycles. The molecular weight excluding hydrogens is 244 g/mol. The van der Waals surface area contributed by atoms with Crippen LogP contribution in [0.1, 0.15) is 30.0 Å². The van der Waals surface area contributed by atoms with E-state index >= 15 is 0 Å². The molecule has 1 aliphatic rings. The van der Waals surface area contributed by atoms with Gasteiger partial charge < -0.3 is 5.32 Å². The van der Waals surface area contributed by atoms with Crippen LogP contribution >= 0.6 is 11.8 Å². The van der Waals surface area contributed by atoms with Crippen molar-refractivity contribution < 1.29 is 0 Å². The van der Waals surface area contributed by atoms with Crippen molar-refractivity contribution >= 4 is 17.6 Å². The summed E-state index contributed by atoms with van der Waals surface area (Å²) >= 11 is 1.99. The van der Waals surface area contributed by atoms with Crippen LogP contribution in [0.15, 0.2) is 0 Å². The Balaban J connectivity index is 2.36. The lowest BCUT2D eigenvalue weighted by Crippen LogP contribution is -2.34. The Morgan fingerprint density at radius 2 is 2.22 bits per heavy atom. The van der Waals surface area contributed by atoms with E-state index < -0.39 is 0 Å². The largest absolute Gasteiger partial charge is 0.373 e. The standard InChI is InChI=1S/C13H22N4S/c1-5-10-9(2)15-13(16-12(10)14-3)11-8-18-7-6-17(11)4/h11H,5-8H2,1-4H3,(H,14,15,16). The highest BCUT2D eigenvalue weighted by Gasteiger charge is 2.24. The third kappa shape index (κ3) is 2.62. The summed E-state index contributed by atoms with van der Waals surface area (Å²) in [5.74, 6) is 4.25. The van der Waals surface area contributed by atoms with E-state index in [0.717, 1.165) is 36.1 Å². The lowest BCUT2D eigenvalue weighted by atomic mass is 10.1. The Labute approximate surface area is 114 Å². The minimum Gasteiger partial charge on any atom is -0.373 e. The molecule has 2 rings (SSSR count). The first-order valence-electron chi connectivity index (χ1n) is 6.50. The molecule has 0 aliphatic carbocycles. The molecule has 0 bridgehead atoms. The van der Waals surface area contributed by atoms with E-state index in [4.69, 9.17) is 9.97 Å². The Morgan fingerprint density at radius 3 is 2.83 bits per heavy atom. The molecule has 18 heavy (non-hydrogen) atoms. The third-order valence-corrected chi connectivity index (χ3v) is 4.54. The van der Waals surface area contributed by atoms with Crippen molar-refractivity contribution in [3.63, 3.8) is 0 Å². The maximum absolute atomic E-state index is 4.72. The molecule has 1 saturated heterocycles. The maximum Gasteiger partial charge on any atom is 0.148 e. The summed E-state index contributed by atoms with van der Waals surface area (Å²) in [5.41, 5.74) is 2.34. The second-order valence-electron chi connectivity index (χ2n) is 4.67. The highest BCUT2D eigenvalue weighted by atomic mass is 32.2. The first kappa shape index (κ1) is 13.6. The highest BCUT2D eigenvalue weighted by Crippen LogP contribution is 2.28. The highest BCUT2D eigenvalue weighted by molar-refractivity contribution is 7.99. The molecule has 0 aromatic carbocycles. The van der Waals surface area contributed by atoms with Crippen LogP contribution in [0.5, 0.6) is 0 Å². The van der Waals surface area contributed by atoms with Crippen LogP contribution in [0.25, 0.3) is 0 Å². The van der Waals surface area contributed by atoms with Crippen molar-refractivity contribution in [2.75, 3.05) is 37.5 Å². The van der Waals surface area contributed by atoms with E-state index in [0.29, 0.717) is 6.04 Å². The van der Waals surface area contributed by atoms with Crippen LogP contribution in [0.3, 0.4) is 0 Å². The maximum atomic E-state index is 4.72. The fourth-order valence-corrected chi connectivity index (χ4v) is 3.57. The first-order valence-corrected chi connectivity index (χ1v) is 7.66. The fourth-order valence-electron chi connectivity index (χ4n) is 2.36. The minimum absolute atomic E-state index is 0.348. The minimum atomic E-state index is 0.348. The van der Waals surface area contributed by atoms with Crippen LogP contribution in [0.4, 0.5) is 5.82 Å². The first-order chi connectivity index (χ1) is 8.67. The second kappa shape index (κ2) is 5.89. The molecule has 2 heterocycles. The van der Waals surface area contributed by atoms with Crippen LogP contribution in [-0.2, 0) is 6.42 Å². The Hall–Kier alpha value is -0.810. The van der Waals surface area contributed by atoms with Gasteiger partial charge in [0, 0.05) is 36.4 Å². The normalized spacial score (nSPS) is 21.0. The van der Waals surface area contributed by atoms with Crippen molar-refractivity contribution in [1.29, 1.82) is 0 Å². The van der Waals surface area contributed by atoms with Gasteiger partial charge in [-0.15, -0.1) is 0 Å². The molecule has 4 nitrogen and oxygen atoms in total. The van der Waals surface area contributed by atoms with Gasteiger partial charge in [-0.25, -0.2) is 9.97 Å². The molecule has 5 heteroatoms. The number of aromatic nitrogens is 2. The van der Waals surface area contributed by atoms with E-state index in [2.05, 4.69) is 31.1 Å². The van der Waals surface area contributed by atoms with Gasteiger partial charge in [-0.3, -0.25) is 4.90 Å². The third-order valence-electron chi connectivity index (χ3n) is 3.52. The number of thioether (sulfide) groups is 1. The zero-order valence-corrected chi connectivity index (χ0v) is 12.5. The van der Waals surface area contributed by atoms with Crippen molar-refractivity contribution in [3.8, 4) is 0 Å². The van der Waals surface area contributed by atoms with E-state index in [1.54, 1.807) is 0 Å². The molecule has 0 radical (unpaired) electrons. The summed E-state index contributed by atoms with van der Waals surface area (Å²) < 4.78 is 0. The predicted molar refractivity (Wildman–Crippen MR) is 78.4 cm³/mol. The molecule has 1 unspecified atom stereocenters. The lowest BCUT2D eigenvalue weighted by Gasteiger charge is -2.31. The van der Waals surface area contributed by atoms with E-state index in [1.165, 1.54) is 11.3 Å². The van der Waals surface area contributed by atoms with E-state index in [9.17, 15) is 0 Å². The van der Waals surface area contributed by atoms with E-state index in [-0.39, 0.29) is 0 Å². The SMILES string of the molecule is CCc1c(C)nc(C2CSCCN2C)nc1NC. The van der Waals surface area contributed by atoms with Crippen LogP contribution < -0.4 is 5.32 Å². The van der Waals surface area contributed by atoms with Crippen molar-refractivity contribution in [3.05, 3.63) is 17.1 Å². The van der Waals surface area contributed by atoms with Gasteiger partial charge in [0.25, 0.3) is 0 Å². The summed E-state index contributed by atoms with van der Waals surface area (Å²) in [4.78, 5) is 11.8. The number of nitrogens with zero attached hydrogens (tertiary/aromatic N) is 3. The average Bonchev–Trinajstić information content (AvgIpc) is 2.38. The second-order valence-corrected chi connectivity index (χ2v) is 5.82. The summed E-state index contributed by atoms with van der Waals surface area (Å²) in [6, 6.07) is 0.348. The lowest BCUT2D eigenvalue weighted by molar-refractivity contribution is 0.264. The molecular formula is C13H22N4S. The number of hydrogen-bond donors (Lipinski definition) is 1. The van der Waals surface area contributed by atoms with Gasteiger partial charge in [0.1, 0.15) is 11.6 Å². The van der Waals surface area contributed by atoms with Gasteiger partial charge >= 0.3 is 0 Å². The zero-order chi connectivity index (χ0) is 13.1. The number of hydrogen-bond acceptors (Lipinski definition) is 5. The van der Waals surface area contributed by atoms with Gasteiger partial charge in [0.05, 0.1) is 6.04 Å². The molecule has 1 fully saturated rings. The van der Waals surface area contributed by atoms with Gasteiger partial charge in [-0.05, 0) is 20.4 Å². The van der Waals surface area contributed by atoms with Gasteiger partial charge in [0.2, 0.25) is 0 Å². The van der Waals surface area contributed by atoms with E-state index in [1.807, 2.05) is 18.8 Å². The molecule has 0 saturated carbocycles. The summed E-state index contributed by atoms with van der Waals surface area (Å²) in [5, 5.41) is 3.21.